The Morgan fingerprint density at radius 3 is 2.69 bits per heavy atom. The van der Waals surface area contributed by atoms with E-state index in [2.05, 4.69) is 14.9 Å². The summed E-state index contributed by atoms with van der Waals surface area (Å²) in [6.45, 7) is 1.60. The summed E-state index contributed by atoms with van der Waals surface area (Å²) in [7, 11) is 1.77. The number of hydrogen-bond donors (Lipinski definition) is 2. The minimum Gasteiger partial charge on any atom is -0.391 e. The number of hydrogen-bond acceptors (Lipinski definition) is 6. The third-order valence-electron chi connectivity index (χ3n) is 5.70. The van der Waals surface area contributed by atoms with Gasteiger partial charge in [0.05, 0.1) is 17.0 Å². The summed E-state index contributed by atoms with van der Waals surface area (Å²) < 4.78 is 0. The molecule has 0 aliphatic carbocycles. The van der Waals surface area contributed by atoms with Crippen LogP contribution in [-0.4, -0.2) is 63.8 Å². The van der Waals surface area contributed by atoms with Crippen LogP contribution in [0.1, 0.15) is 25.1 Å². The number of aliphatic hydroxyl groups is 2. The topological polar surface area (TPSA) is 89.8 Å². The number of aromatic nitrogens is 2. The van der Waals surface area contributed by atoms with E-state index in [0.29, 0.717) is 44.7 Å². The van der Waals surface area contributed by atoms with Crippen molar-refractivity contribution >= 4 is 22.6 Å². The smallest absolute Gasteiger partial charge is 0.228 e. The molecule has 1 unspecified atom stereocenters. The van der Waals surface area contributed by atoms with Crippen molar-refractivity contribution in [2.24, 2.45) is 5.41 Å². The number of β-amino-alcohol motifs (C(OH)–C–C–N with tert-alkyl or cyclic N) is 1. The lowest BCUT2D eigenvalue weighted by Gasteiger charge is -2.47. The molecule has 2 N–H and O–H groups in total. The summed E-state index contributed by atoms with van der Waals surface area (Å²) in [6.07, 6.45) is 1.47. The number of benzene rings is 1. The number of fused-ring (bicyclic) bond motifs is 1. The Hall–Kier alpha value is -2.25. The molecule has 2 aromatic rings. The summed E-state index contributed by atoms with van der Waals surface area (Å²) in [4.78, 5) is 25.5. The first-order valence-corrected chi connectivity index (χ1v) is 9.07. The van der Waals surface area contributed by atoms with Gasteiger partial charge < -0.3 is 20.0 Å². The lowest BCUT2D eigenvalue weighted by Crippen LogP contribution is -2.56. The molecular weight excluding hydrogens is 332 g/mol. The predicted octanol–water partition coefficient (Wildman–Crippen LogP) is 0.932. The molecule has 2 saturated heterocycles. The van der Waals surface area contributed by atoms with Crippen LogP contribution in [0.3, 0.4) is 0 Å². The number of piperidine rings is 2. The van der Waals surface area contributed by atoms with Gasteiger partial charge >= 0.3 is 0 Å². The van der Waals surface area contributed by atoms with E-state index in [1.807, 2.05) is 24.3 Å². The highest BCUT2D eigenvalue weighted by molar-refractivity contribution is 5.90. The fourth-order valence-electron chi connectivity index (χ4n) is 4.39. The van der Waals surface area contributed by atoms with Crippen LogP contribution in [0, 0.1) is 5.41 Å². The van der Waals surface area contributed by atoms with Crippen LogP contribution >= 0.6 is 0 Å². The van der Waals surface area contributed by atoms with Gasteiger partial charge in [-0.05, 0) is 31.4 Å². The molecule has 26 heavy (non-hydrogen) atoms. The fourth-order valence-corrected chi connectivity index (χ4v) is 4.39. The average Bonchev–Trinajstić information content (AvgIpc) is 2.66. The first-order valence-electron chi connectivity index (χ1n) is 9.07. The third kappa shape index (κ3) is 2.81. The summed E-state index contributed by atoms with van der Waals surface area (Å²) in [5.41, 5.74) is 0.344. The van der Waals surface area contributed by atoms with Crippen molar-refractivity contribution in [1.29, 1.82) is 0 Å². The maximum absolute atomic E-state index is 12.7. The van der Waals surface area contributed by atoms with Gasteiger partial charge in [-0.15, -0.1) is 0 Å². The zero-order chi connectivity index (χ0) is 18.3. The molecule has 0 saturated carbocycles. The summed E-state index contributed by atoms with van der Waals surface area (Å²) in [5.74, 6) is 1.36. The van der Waals surface area contributed by atoms with E-state index in [0.717, 1.165) is 16.7 Å². The van der Waals surface area contributed by atoms with Crippen molar-refractivity contribution in [3.8, 4) is 0 Å². The number of likely N-dealkylation sites (tertiary alicyclic amines) is 1. The molecule has 1 atom stereocenters. The molecule has 2 fully saturated rings. The number of carbonyl (C=O) groups excluding carboxylic acids is 1. The highest BCUT2D eigenvalue weighted by Crippen LogP contribution is 2.42. The lowest BCUT2D eigenvalue weighted by molar-refractivity contribution is -0.152. The molecule has 7 heteroatoms. The zero-order valence-corrected chi connectivity index (χ0v) is 14.9. The van der Waals surface area contributed by atoms with Crippen molar-refractivity contribution in [1.82, 2.24) is 14.9 Å². The Bertz CT molecular complexity index is 833. The highest BCUT2D eigenvalue weighted by Gasteiger charge is 2.47. The molecule has 1 aromatic carbocycles. The number of aliphatic hydroxyl groups excluding tert-OH is 2. The number of amides is 1. The van der Waals surface area contributed by atoms with Gasteiger partial charge in [0.1, 0.15) is 12.4 Å². The van der Waals surface area contributed by atoms with Crippen molar-refractivity contribution in [2.75, 3.05) is 31.6 Å². The maximum Gasteiger partial charge on any atom is 0.228 e. The van der Waals surface area contributed by atoms with E-state index in [9.17, 15) is 15.0 Å². The monoisotopic (exact) mass is 356 g/mol. The van der Waals surface area contributed by atoms with Gasteiger partial charge in [0, 0.05) is 32.1 Å². The second kappa shape index (κ2) is 6.48. The Morgan fingerprint density at radius 2 is 1.96 bits per heavy atom. The van der Waals surface area contributed by atoms with E-state index in [1.54, 1.807) is 11.9 Å². The third-order valence-corrected chi connectivity index (χ3v) is 5.70. The minimum atomic E-state index is -0.467. The normalized spacial score (nSPS) is 23.0. The summed E-state index contributed by atoms with van der Waals surface area (Å²) in [5, 5.41) is 20.6. The largest absolute Gasteiger partial charge is 0.391 e. The van der Waals surface area contributed by atoms with Crippen molar-refractivity contribution in [2.45, 2.75) is 32.0 Å². The number of para-hydroxylation sites is 1. The average molecular weight is 356 g/mol. The van der Waals surface area contributed by atoms with Gasteiger partial charge in [0.15, 0.2) is 5.82 Å². The van der Waals surface area contributed by atoms with E-state index < -0.39 is 11.5 Å². The van der Waals surface area contributed by atoms with Crippen molar-refractivity contribution in [3.05, 3.63) is 30.1 Å². The van der Waals surface area contributed by atoms with E-state index >= 15 is 0 Å². The van der Waals surface area contributed by atoms with Crippen LogP contribution in [0.2, 0.25) is 0 Å². The maximum atomic E-state index is 12.7. The SMILES string of the molecule is CN1CC(O)CC2(CCN(c3nc(CO)nc4ccccc34)CC2)C1=O. The number of anilines is 1. The zero-order valence-electron chi connectivity index (χ0n) is 14.9. The minimum absolute atomic E-state index is 0.144. The first kappa shape index (κ1) is 17.2. The molecule has 0 bridgehead atoms. The molecule has 138 valence electrons. The van der Waals surface area contributed by atoms with Gasteiger partial charge in [-0.3, -0.25) is 4.79 Å². The standard InChI is InChI=1S/C19H24N4O3/c1-22-11-13(25)10-19(18(22)26)6-8-23(9-7-19)17-14-4-2-3-5-15(14)20-16(12-24)21-17/h2-5,13,24-25H,6-12H2,1H3. The molecule has 3 heterocycles. The Labute approximate surface area is 152 Å². The number of nitrogens with zero attached hydrogens (tertiary/aromatic N) is 4. The quantitative estimate of drug-likeness (QED) is 0.832. The van der Waals surface area contributed by atoms with Crippen LogP contribution in [-0.2, 0) is 11.4 Å². The Morgan fingerprint density at radius 1 is 1.23 bits per heavy atom. The van der Waals surface area contributed by atoms with Crippen molar-refractivity contribution in [3.63, 3.8) is 0 Å². The molecule has 7 nitrogen and oxygen atoms in total. The van der Waals surface area contributed by atoms with Crippen LogP contribution in [0.5, 0.6) is 0 Å². The molecule has 2 aliphatic heterocycles. The molecule has 1 aromatic heterocycles. The second-order valence-corrected chi connectivity index (χ2v) is 7.45. The Balaban J connectivity index is 1.62. The molecule has 2 aliphatic rings. The van der Waals surface area contributed by atoms with Crippen LogP contribution in [0.15, 0.2) is 24.3 Å². The molecule has 1 amide bonds. The highest BCUT2D eigenvalue weighted by atomic mass is 16.3. The first-order chi connectivity index (χ1) is 12.5. The van der Waals surface area contributed by atoms with Gasteiger partial charge in [-0.1, -0.05) is 12.1 Å². The number of likely N-dealkylation sites (N-methyl/N-ethyl adjacent to an activating group) is 1. The molecule has 0 radical (unpaired) electrons. The second-order valence-electron chi connectivity index (χ2n) is 7.45. The van der Waals surface area contributed by atoms with Gasteiger partial charge in [-0.25, -0.2) is 9.97 Å². The Kier molecular flexibility index (Phi) is 4.28. The van der Waals surface area contributed by atoms with Crippen LogP contribution in [0.4, 0.5) is 5.82 Å². The number of carbonyl (C=O) groups is 1. The van der Waals surface area contributed by atoms with Crippen LogP contribution in [0.25, 0.3) is 10.9 Å². The van der Waals surface area contributed by atoms with Gasteiger partial charge in [0.25, 0.3) is 0 Å². The molecule has 1 spiro atoms. The summed E-state index contributed by atoms with van der Waals surface area (Å²) in [6, 6.07) is 7.78. The fraction of sp³-hybridized carbons (Fsp3) is 0.526. The van der Waals surface area contributed by atoms with Crippen LogP contribution < -0.4 is 4.90 Å². The molecular formula is C19H24N4O3. The van der Waals surface area contributed by atoms with Gasteiger partial charge in [0.2, 0.25) is 5.91 Å². The van der Waals surface area contributed by atoms with E-state index in [4.69, 9.17) is 0 Å². The number of rotatable bonds is 2. The van der Waals surface area contributed by atoms with Gasteiger partial charge in [-0.2, -0.15) is 0 Å². The molecule has 4 rings (SSSR count). The summed E-state index contributed by atoms with van der Waals surface area (Å²) >= 11 is 0. The van der Waals surface area contributed by atoms with E-state index in [-0.39, 0.29) is 12.5 Å². The predicted molar refractivity (Wildman–Crippen MR) is 97.6 cm³/mol. The lowest BCUT2D eigenvalue weighted by atomic mass is 9.71. The van der Waals surface area contributed by atoms with E-state index in [1.165, 1.54) is 0 Å². The van der Waals surface area contributed by atoms with Crippen molar-refractivity contribution < 1.29 is 15.0 Å².